The molecule has 0 spiro atoms. The maximum Gasteiger partial charge on any atom is 0.341 e. The highest BCUT2D eigenvalue weighted by Crippen LogP contribution is 2.37. The summed E-state index contributed by atoms with van der Waals surface area (Å²) in [5, 5.41) is 13.4. The fraction of sp³-hybridized carbons (Fsp3) is 0.250. The van der Waals surface area contributed by atoms with Gasteiger partial charge in [-0.3, -0.25) is 14.9 Å². The van der Waals surface area contributed by atoms with Gasteiger partial charge in [0, 0.05) is 29.8 Å². The molecule has 4 heterocycles. The molecule has 2 aliphatic rings. The third kappa shape index (κ3) is 2.26. The van der Waals surface area contributed by atoms with Gasteiger partial charge < -0.3 is 14.4 Å². The summed E-state index contributed by atoms with van der Waals surface area (Å²) in [4.78, 5) is 27.8. The Morgan fingerprint density at radius 1 is 1.15 bits per heavy atom. The largest absolute Gasteiger partial charge is 0.454 e. The summed E-state index contributed by atoms with van der Waals surface area (Å²) in [6, 6.07) is 5.64. The summed E-state index contributed by atoms with van der Waals surface area (Å²) < 4.78 is 10.8. The Morgan fingerprint density at radius 3 is 2.88 bits per heavy atom. The summed E-state index contributed by atoms with van der Waals surface area (Å²) in [5.74, 6) is 1.06. The Balaban J connectivity index is 1.47. The third-order valence-corrected chi connectivity index (χ3v) is 4.57. The summed E-state index contributed by atoms with van der Waals surface area (Å²) in [7, 11) is 0. The molecule has 2 aliphatic heterocycles. The van der Waals surface area contributed by atoms with Crippen LogP contribution in [0.15, 0.2) is 23.0 Å². The average Bonchev–Trinajstić information content (AvgIpc) is 3.38. The van der Waals surface area contributed by atoms with Crippen molar-refractivity contribution in [3.63, 3.8) is 0 Å². The molecule has 0 radical (unpaired) electrons. The highest BCUT2D eigenvalue weighted by Gasteiger charge is 2.28. The van der Waals surface area contributed by atoms with Gasteiger partial charge >= 0.3 is 5.69 Å². The number of ether oxygens (including phenoxy) is 2. The number of fused-ring (bicyclic) bond motifs is 2. The lowest BCUT2D eigenvalue weighted by molar-refractivity contribution is 0.0722. The molecule has 132 valence electrons. The molecule has 10 nitrogen and oxygen atoms in total. The van der Waals surface area contributed by atoms with E-state index in [4.69, 9.17) is 9.47 Å². The van der Waals surface area contributed by atoms with E-state index in [1.165, 1.54) is 0 Å². The first kappa shape index (κ1) is 14.8. The van der Waals surface area contributed by atoms with Crippen molar-refractivity contribution in [3.05, 3.63) is 45.8 Å². The lowest BCUT2D eigenvalue weighted by Crippen LogP contribution is -2.36. The Kier molecular flexibility index (Phi) is 3.11. The zero-order valence-electron chi connectivity index (χ0n) is 13.5. The van der Waals surface area contributed by atoms with E-state index in [0.717, 1.165) is 22.5 Å². The smallest absolute Gasteiger partial charge is 0.341 e. The number of benzene rings is 1. The van der Waals surface area contributed by atoms with Crippen LogP contribution in [0.2, 0.25) is 0 Å². The van der Waals surface area contributed by atoms with E-state index in [1.54, 1.807) is 4.90 Å². The number of nitrogens with one attached hydrogen (secondary N) is 3. The van der Waals surface area contributed by atoms with Crippen LogP contribution in [0, 0.1) is 0 Å². The maximum atomic E-state index is 12.6. The third-order valence-electron chi connectivity index (χ3n) is 4.57. The Morgan fingerprint density at radius 2 is 2.04 bits per heavy atom. The zero-order chi connectivity index (χ0) is 17.7. The lowest BCUT2D eigenvalue weighted by Gasteiger charge is -2.26. The topological polar surface area (TPSA) is 129 Å². The van der Waals surface area contributed by atoms with E-state index in [-0.39, 0.29) is 18.5 Å². The summed E-state index contributed by atoms with van der Waals surface area (Å²) >= 11 is 0. The van der Waals surface area contributed by atoms with E-state index in [2.05, 4.69) is 25.4 Å². The fourth-order valence-electron chi connectivity index (χ4n) is 3.27. The van der Waals surface area contributed by atoms with Gasteiger partial charge in [-0.05, 0) is 18.2 Å². The van der Waals surface area contributed by atoms with Crippen LogP contribution in [0.3, 0.4) is 0 Å². The first-order chi connectivity index (χ1) is 12.7. The van der Waals surface area contributed by atoms with Crippen LogP contribution in [-0.4, -0.2) is 49.5 Å². The maximum absolute atomic E-state index is 12.6. The second-order valence-corrected chi connectivity index (χ2v) is 6.10. The van der Waals surface area contributed by atoms with Crippen molar-refractivity contribution in [3.8, 4) is 22.8 Å². The van der Waals surface area contributed by atoms with Crippen molar-refractivity contribution in [1.82, 2.24) is 30.3 Å². The van der Waals surface area contributed by atoms with Gasteiger partial charge in [0.15, 0.2) is 11.5 Å². The molecule has 3 aromatic rings. The molecule has 5 rings (SSSR count). The van der Waals surface area contributed by atoms with E-state index in [9.17, 15) is 9.59 Å². The van der Waals surface area contributed by atoms with E-state index in [0.29, 0.717) is 31.0 Å². The van der Waals surface area contributed by atoms with E-state index >= 15 is 0 Å². The molecular formula is C16H14N6O4. The number of amides is 1. The Labute approximate surface area is 146 Å². The molecule has 0 bridgehead atoms. The van der Waals surface area contributed by atoms with Crippen LogP contribution in [0.1, 0.15) is 21.9 Å². The van der Waals surface area contributed by atoms with Crippen molar-refractivity contribution >= 4 is 5.91 Å². The second kappa shape index (κ2) is 5.48. The van der Waals surface area contributed by atoms with Gasteiger partial charge in [0.2, 0.25) is 12.6 Å². The molecule has 0 saturated carbocycles. The Hall–Kier alpha value is -3.56. The minimum Gasteiger partial charge on any atom is -0.454 e. The van der Waals surface area contributed by atoms with Crippen molar-refractivity contribution < 1.29 is 14.3 Å². The number of hydrogen-bond acceptors (Lipinski definition) is 6. The molecular weight excluding hydrogens is 340 g/mol. The standard InChI is InChI=1S/C16H14N6O4/c23-15(14-17-16(24)21-20-14)22-4-3-10-9(6-22)13(19-18-10)8-1-2-11-12(5-8)26-7-25-11/h1-2,5H,3-4,6-7H2,(H,18,19)(H2,17,20,21,24). The van der Waals surface area contributed by atoms with Gasteiger partial charge in [0.25, 0.3) is 5.91 Å². The molecule has 0 unspecified atom stereocenters. The molecule has 0 atom stereocenters. The van der Waals surface area contributed by atoms with Gasteiger partial charge in [-0.2, -0.15) is 5.10 Å². The van der Waals surface area contributed by atoms with Crippen LogP contribution in [0.25, 0.3) is 11.3 Å². The highest BCUT2D eigenvalue weighted by molar-refractivity contribution is 5.90. The zero-order valence-corrected chi connectivity index (χ0v) is 13.5. The van der Waals surface area contributed by atoms with Crippen molar-refractivity contribution in [1.29, 1.82) is 0 Å². The van der Waals surface area contributed by atoms with Crippen LogP contribution in [-0.2, 0) is 13.0 Å². The first-order valence-corrected chi connectivity index (χ1v) is 8.09. The van der Waals surface area contributed by atoms with Crippen LogP contribution in [0.5, 0.6) is 11.5 Å². The number of nitrogens with zero attached hydrogens (tertiary/aromatic N) is 3. The summed E-state index contributed by atoms with van der Waals surface area (Å²) in [6.45, 7) is 1.11. The van der Waals surface area contributed by atoms with Crippen LogP contribution in [0.4, 0.5) is 0 Å². The van der Waals surface area contributed by atoms with Crippen LogP contribution >= 0.6 is 0 Å². The number of aromatic amines is 3. The fourth-order valence-corrected chi connectivity index (χ4v) is 3.27. The highest BCUT2D eigenvalue weighted by atomic mass is 16.7. The minimum absolute atomic E-state index is 0.00609. The van der Waals surface area contributed by atoms with Crippen molar-refractivity contribution in [2.24, 2.45) is 0 Å². The monoisotopic (exact) mass is 354 g/mol. The number of H-pyrrole nitrogens is 3. The number of rotatable bonds is 2. The summed E-state index contributed by atoms with van der Waals surface area (Å²) in [5.41, 5.74) is 3.09. The molecule has 10 heteroatoms. The average molecular weight is 354 g/mol. The molecule has 2 aromatic heterocycles. The predicted molar refractivity (Wildman–Crippen MR) is 87.8 cm³/mol. The molecule has 3 N–H and O–H groups in total. The lowest BCUT2D eigenvalue weighted by atomic mass is 10.0. The van der Waals surface area contributed by atoms with Crippen LogP contribution < -0.4 is 15.2 Å². The molecule has 1 amide bonds. The Bertz CT molecular complexity index is 1060. The minimum atomic E-state index is -0.504. The van der Waals surface area contributed by atoms with Gasteiger partial charge in [-0.25, -0.2) is 9.89 Å². The molecule has 1 aromatic carbocycles. The molecule has 26 heavy (non-hydrogen) atoms. The summed E-state index contributed by atoms with van der Waals surface area (Å²) in [6.07, 6.45) is 0.646. The predicted octanol–water partition coefficient (Wildman–Crippen LogP) is 0.415. The van der Waals surface area contributed by atoms with Gasteiger partial charge in [-0.1, -0.05) is 0 Å². The van der Waals surface area contributed by atoms with E-state index < -0.39 is 5.69 Å². The van der Waals surface area contributed by atoms with Gasteiger partial charge in [0.05, 0.1) is 12.2 Å². The molecule has 0 aliphatic carbocycles. The number of carbonyl (C=O) groups is 1. The van der Waals surface area contributed by atoms with Crippen molar-refractivity contribution in [2.75, 3.05) is 13.3 Å². The normalized spacial score (nSPS) is 15.2. The van der Waals surface area contributed by atoms with E-state index in [1.807, 2.05) is 18.2 Å². The second-order valence-electron chi connectivity index (χ2n) is 6.10. The number of carbonyl (C=O) groups excluding carboxylic acids is 1. The van der Waals surface area contributed by atoms with Gasteiger partial charge in [-0.15, -0.1) is 5.10 Å². The van der Waals surface area contributed by atoms with Crippen molar-refractivity contribution in [2.45, 2.75) is 13.0 Å². The molecule has 0 saturated heterocycles. The van der Waals surface area contributed by atoms with Gasteiger partial charge in [0.1, 0.15) is 0 Å². The quantitative estimate of drug-likeness (QED) is 0.611. The number of aromatic nitrogens is 5. The molecule has 0 fully saturated rings. The number of hydrogen-bond donors (Lipinski definition) is 3. The first-order valence-electron chi connectivity index (χ1n) is 8.09. The SMILES string of the molecule is O=C(c1n[nH]c(=O)[nH]1)N1CCc2[nH]nc(-c3ccc4c(c3)OCO4)c2C1.